The Labute approximate surface area is 60.9 Å². The second-order valence-electron chi connectivity index (χ2n) is 2.81. The SMILES string of the molecule is CC(C)C(O)c1ccc[nH]1. The van der Waals surface area contributed by atoms with Crippen molar-refractivity contribution in [3.8, 4) is 0 Å². The maximum absolute atomic E-state index is 9.46. The normalized spacial score (nSPS) is 14.0. The van der Waals surface area contributed by atoms with Crippen LogP contribution in [0.4, 0.5) is 0 Å². The highest BCUT2D eigenvalue weighted by Crippen LogP contribution is 2.18. The third-order valence-corrected chi connectivity index (χ3v) is 1.57. The van der Waals surface area contributed by atoms with Gasteiger partial charge in [-0.3, -0.25) is 0 Å². The molecular formula is C8H13NO. The van der Waals surface area contributed by atoms with Crippen molar-refractivity contribution < 1.29 is 5.11 Å². The molecule has 1 atom stereocenters. The van der Waals surface area contributed by atoms with E-state index in [1.54, 1.807) is 0 Å². The van der Waals surface area contributed by atoms with Gasteiger partial charge in [-0.2, -0.15) is 0 Å². The van der Waals surface area contributed by atoms with Crippen molar-refractivity contribution in [2.45, 2.75) is 20.0 Å². The van der Waals surface area contributed by atoms with Gasteiger partial charge in [0, 0.05) is 11.9 Å². The Kier molecular flexibility index (Phi) is 2.12. The summed E-state index contributed by atoms with van der Waals surface area (Å²) in [6, 6.07) is 3.78. The lowest BCUT2D eigenvalue weighted by Gasteiger charge is -2.11. The molecule has 1 aromatic rings. The lowest BCUT2D eigenvalue weighted by Crippen LogP contribution is -2.05. The van der Waals surface area contributed by atoms with Crippen LogP contribution in [0.3, 0.4) is 0 Å². The van der Waals surface area contributed by atoms with Crippen LogP contribution in [-0.4, -0.2) is 10.1 Å². The van der Waals surface area contributed by atoms with Gasteiger partial charge < -0.3 is 10.1 Å². The fourth-order valence-corrected chi connectivity index (χ4v) is 0.887. The molecular weight excluding hydrogens is 126 g/mol. The van der Waals surface area contributed by atoms with Crippen LogP contribution in [0.1, 0.15) is 25.6 Å². The van der Waals surface area contributed by atoms with Crippen LogP contribution < -0.4 is 0 Å². The van der Waals surface area contributed by atoms with E-state index in [9.17, 15) is 5.11 Å². The van der Waals surface area contributed by atoms with Crippen molar-refractivity contribution in [1.29, 1.82) is 0 Å². The fraction of sp³-hybridized carbons (Fsp3) is 0.500. The lowest BCUT2D eigenvalue weighted by atomic mass is 10.1. The number of nitrogens with one attached hydrogen (secondary N) is 1. The molecule has 0 radical (unpaired) electrons. The number of aromatic amines is 1. The Morgan fingerprint density at radius 3 is 2.60 bits per heavy atom. The number of aliphatic hydroxyl groups excluding tert-OH is 1. The number of hydrogen-bond donors (Lipinski definition) is 2. The maximum Gasteiger partial charge on any atom is 0.0960 e. The molecule has 2 heteroatoms. The van der Waals surface area contributed by atoms with E-state index in [4.69, 9.17) is 0 Å². The third kappa shape index (κ3) is 1.39. The van der Waals surface area contributed by atoms with Crippen molar-refractivity contribution in [3.05, 3.63) is 24.0 Å². The lowest BCUT2D eigenvalue weighted by molar-refractivity contribution is 0.123. The van der Waals surface area contributed by atoms with Gasteiger partial charge >= 0.3 is 0 Å². The van der Waals surface area contributed by atoms with E-state index in [1.807, 2.05) is 32.2 Å². The second-order valence-corrected chi connectivity index (χ2v) is 2.81. The van der Waals surface area contributed by atoms with Crippen molar-refractivity contribution in [3.63, 3.8) is 0 Å². The number of H-pyrrole nitrogens is 1. The summed E-state index contributed by atoms with van der Waals surface area (Å²) in [5.41, 5.74) is 0.898. The highest BCUT2D eigenvalue weighted by Gasteiger charge is 2.11. The van der Waals surface area contributed by atoms with E-state index in [1.165, 1.54) is 0 Å². The number of rotatable bonds is 2. The summed E-state index contributed by atoms with van der Waals surface area (Å²) in [4.78, 5) is 2.97. The van der Waals surface area contributed by atoms with Crippen molar-refractivity contribution >= 4 is 0 Å². The van der Waals surface area contributed by atoms with Gasteiger partial charge in [0.1, 0.15) is 0 Å². The summed E-state index contributed by atoms with van der Waals surface area (Å²) in [6.07, 6.45) is 1.47. The summed E-state index contributed by atoms with van der Waals surface area (Å²) in [6.45, 7) is 3.98. The molecule has 0 amide bonds. The van der Waals surface area contributed by atoms with E-state index >= 15 is 0 Å². The minimum Gasteiger partial charge on any atom is -0.387 e. The Balaban J connectivity index is 2.68. The number of hydrogen-bond acceptors (Lipinski definition) is 1. The standard InChI is InChI=1S/C8H13NO/c1-6(2)8(10)7-4-3-5-9-7/h3-6,8-10H,1-2H3. The molecule has 0 spiro atoms. The quantitative estimate of drug-likeness (QED) is 0.642. The molecule has 0 saturated carbocycles. The van der Waals surface area contributed by atoms with Gasteiger partial charge in [0.25, 0.3) is 0 Å². The van der Waals surface area contributed by atoms with Crippen LogP contribution in [0.2, 0.25) is 0 Å². The zero-order valence-electron chi connectivity index (χ0n) is 6.33. The summed E-state index contributed by atoms with van der Waals surface area (Å²) in [5, 5.41) is 9.46. The van der Waals surface area contributed by atoms with Gasteiger partial charge in [0.2, 0.25) is 0 Å². The minimum atomic E-state index is -0.352. The molecule has 56 valence electrons. The van der Waals surface area contributed by atoms with E-state index in [-0.39, 0.29) is 12.0 Å². The van der Waals surface area contributed by atoms with Gasteiger partial charge in [-0.1, -0.05) is 13.8 Å². The Hall–Kier alpha value is -0.760. The van der Waals surface area contributed by atoms with Crippen LogP contribution >= 0.6 is 0 Å². The van der Waals surface area contributed by atoms with Gasteiger partial charge in [0.05, 0.1) is 6.10 Å². The first kappa shape index (κ1) is 7.35. The van der Waals surface area contributed by atoms with Crippen molar-refractivity contribution in [1.82, 2.24) is 4.98 Å². The monoisotopic (exact) mass is 139 g/mol. The van der Waals surface area contributed by atoms with Crippen LogP contribution in [0.5, 0.6) is 0 Å². The largest absolute Gasteiger partial charge is 0.387 e. The highest BCUT2D eigenvalue weighted by atomic mass is 16.3. The topological polar surface area (TPSA) is 36.0 Å². The first-order valence-electron chi connectivity index (χ1n) is 3.53. The molecule has 10 heavy (non-hydrogen) atoms. The molecule has 1 heterocycles. The van der Waals surface area contributed by atoms with Gasteiger partial charge in [-0.05, 0) is 18.1 Å². The third-order valence-electron chi connectivity index (χ3n) is 1.57. The van der Waals surface area contributed by atoms with Crippen molar-refractivity contribution in [2.75, 3.05) is 0 Å². The minimum absolute atomic E-state index is 0.277. The molecule has 1 unspecified atom stereocenters. The second kappa shape index (κ2) is 2.88. The van der Waals surface area contributed by atoms with Crippen LogP contribution in [-0.2, 0) is 0 Å². The molecule has 0 saturated heterocycles. The summed E-state index contributed by atoms with van der Waals surface area (Å²) < 4.78 is 0. The van der Waals surface area contributed by atoms with Crippen LogP contribution in [0, 0.1) is 5.92 Å². The van der Waals surface area contributed by atoms with E-state index < -0.39 is 0 Å². The molecule has 0 aliphatic carbocycles. The van der Waals surface area contributed by atoms with E-state index in [0.717, 1.165) is 5.69 Å². The van der Waals surface area contributed by atoms with Crippen LogP contribution in [0.15, 0.2) is 18.3 Å². The predicted molar refractivity (Wildman–Crippen MR) is 40.6 cm³/mol. The van der Waals surface area contributed by atoms with Gasteiger partial charge in [0.15, 0.2) is 0 Å². The average molecular weight is 139 g/mol. The van der Waals surface area contributed by atoms with E-state index in [2.05, 4.69) is 4.98 Å². The molecule has 0 aliphatic rings. The molecule has 2 N–H and O–H groups in total. The summed E-state index contributed by atoms with van der Waals surface area (Å²) >= 11 is 0. The summed E-state index contributed by atoms with van der Waals surface area (Å²) in [7, 11) is 0. The highest BCUT2D eigenvalue weighted by molar-refractivity contribution is 5.07. The summed E-state index contributed by atoms with van der Waals surface area (Å²) in [5.74, 6) is 0.277. The smallest absolute Gasteiger partial charge is 0.0960 e. The molecule has 0 aliphatic heterocycles. The zero-order valence-corrected chi connectivity index (χ0v) is 6.33. The molecule has 0 fully saturated rings. The first-order chi connectivity index (χ1) is 4.72. The molecule has 0 bridgehead atoms. The Morgan fingerprint density at radius 2 is 2.20 bits per heavy atom. The van der Waals surface area contributed by atoms with Gasteiger partial charge in [-0.15, -0.1) is 0 Å². The maximum atomic E-state index is 9.46. The Morgan fingerprint density at radius 1 is 1.50 bits per heavy atom. The predicted octanol–water partition coefficient (Wildman–Crippen LogP) is 1.70. The Bertz CT molecular complexity index is 179. The molecule has 1 aromatic heterocycles. The number of aromatic nitrogens is 1. The zero-order chi connectivity index (χ0) is 7.56. The average Bonchev–Trinajstić information content (AvgIpc) is 2.36. The molecule has 2 nitrogen and oxygen atoms in total. The molecule has 1 rings (SSSR count). The van der Waals surface area contributed by atoms with Gasteiger partial charge in [-0.25, -0.2) is 0 Å². The fourth-order valence-electron chi connectivity index (χ4n) is 0.887. The molecule has 0 aromatic carbocycles. The van der Waals surface area contributed by atoms with E-state index in [0.29, 0.717) is 0 Å². The first-order valence-corrected chi connectivity index (χ1v) is 3.53. The van der Waals surface area contributed by atoms with Crippen molar-refractivity contribution in [2.24, 2.45) is 5.92 Å². The number of aliphatic hydroxyl groups is 1. The van der Waals surface area contributed by atoms with Crippen LogP contribution in [0.25, 0.3) is 0 Å².